The van der Waals surface area contributed by atoms with Gasteiger partial charge in [-0.2, -0.15) is 0 Å². The Labute approximate surface area is 104 Å². The molecule has 1 aliphatic heterocycles. The van der Waals surface area contributed by atoms with Crippen LogP contribution in [0.1, 0.15) is 5.56 Å². The number of hydrogen-bond donors (Lipinski definition) is 1. The Balaban J connectivity index is 1.84. The zero-order valence-electron chi connectivity index (χ0n) is 8.50. The Bertz CT molecular complexity index is 405. The second kappa shape index (κ2) is 5.04. The Morgan fingerprint density at radius 3 is 2.94 bits per heavy atom. The topological polar surface area (TPSA) is 41.6 Å². The number of epoxide rings is 1. The lowest BCUT2D eigenvalue weighted by atomic mass is 10.1. The first-order chi connectivity index (χ1) is 7.66. The van der Waals surface area contributed by atoms with E-state index in [4.69, 9.17) is 27.9 Å². The summed E-state index contributed by atoms with van der Waals surface area (Å²) in [4.78, 5) is 11.3. The molecule has 1 fully saturated rings. The van der Waals surface area contributed by atoms with Crippen LogP contribution in [0.15, 0.2) is 18.2 Å². The van der Waals surface area contributed by atoms with Gasteiger partial charge in [-0.1, -0.05) is 23.2 Å². The molecule has 1 saturated heterocycles. The van der Waals surface area contributed by atoms with Crippen molar-refractivity contribution in [1.29, 1.82) is 0 Å². The van der Waals surface area contributed by atoms with E-state index in [1.165, 1.54) is 0 Å². The lowest BCUT2D eigenvalue weighted by Crippen LogP contribution is -2.29. The van der Waals surface area contributed by atoms with Crippen LogP contribution in [0.3, 0.4) is 0 Å². The van der Waals surface area contributed by atoms with E-state index in [0.717, 1.165) is 5.56 Å². The smallest absolute Gasteiger partial charge is 0.251 e. The van der Waals surface area contributed by atoms with Crippen LogP contribution in [-0.2, 0) is 16.0 Å². The monoisotopic (exact) mass is 259 g/mol. The lowest BCUT2D eigenvalue weighted by molar-refractivity contribution is -0.122. The Morgan fingerprint density at radius 1 is 1.50 bits per heavy atom. The van der Waals surface area contributed by atoms with E-state index in [2.05, 4.69) is 5.32 Å². The molecule has 2 rings (SSSR count). The zero-order valence-corrected chi connectivity index (χ0v) is 10.0. The van der Waals surface area contributed by atoms with Crippen LogP contribution in [0.25, 0.3) is 0 Å². The average Bonchev–Trinajstić information content (AvgIpc) is 3.06. The van der Waals surface area contributed by atoms with Gasteiger partial charge < -0.3 is 10.1 Å². The third-order valence-corrected chi connectivity index (χ3v) is 2.93. The molecule has 1 amide bonds. The number of carbonyl (C=O) groups is 1. The molecule has 0 aliphatic carbocycles. The third kappa shape index (κ3) is 3.11. The molecule has 0 radical (unpaired) electrons. The van der Waals surface area contributed by atoms with Gasteiger partial charge in [-0.05, 0) is 30.2 Å². The van der Waals surface area contributed by atoms with Crippen LogP contribution in [-0.4, -0.2) is 25.2 Å². The fourth-order valence-electron chi connectivity index (χ4n) is 1.37. The molecule has 1 aromatic rings. The molecule has 0 bridgehead atoms. The van der Waals surface area contributed by atoms with Gasteiger partial charge in [0.05, 0.1) is 6.61 Å². The number of carbonyl (C=O) groups excluding carboxylic acids is 1. The van der Waals surface area contributed by atoms with E-state index in [-0.39, 0.29) is 12.0 Å². The third-order valence-electron chi connectivity index (χ3n) is 2.33. The molecule has 5 heteroatoms. The number of benzene rings is 1. The quantitative estimate of drug-likeness (QED) is 0.842. The number of rotatable bonds is 4. The second-order valence-corrected chi connectivity index (χ2v) is 4.44. The van der Waals surface area contributed by atoms with Gasteiger partial charge in [0.25, 0.3) is 5.91 Å². The normalized spacial score (nSPS) is 18.2. The summed E-state index contributed by atoms with van der Waals surface area (Å²) in [5.74, 6) is -0.0573. The zero-order chi connectivity index (χ0) is 11.5. The molecule has 0 spiro atoms. The molecule has 0 saturated carbocycles. The molecule has 86 valence electrons. The van der Waals surface area contributed by atoms with E-state index >= 15 is 0 Å². The maximum Gasteiger partial charge on any atom is 0.251 e. The summed E-state index contributed by atoms with van der Waals surface area (Å²) in [6.07, 6.45) is 0.424. The van der Waals surface area contributed by atoms with Crippen LogP contribution < -0.4 is 5.32 Å². The molecule has 1 N–H and O–H groups in total. The highest BCUT2D eigenvalue weighted by Gasteiger charge is 2.30. The van der Waals surface area contributed by atoms with Crippen LogP contribution in [0, 0.1) is 0 Å². The van der Waals surface area contributed by atoms with Crippen LogP contribution in [0.4, 0.5) is 0 Å². The molecule has 3 nitrogen and oxygen atoms in total. The first-order valence-corrected chi connectivity index (χ1v) is 5.75. The van der Waals surface area contributed by atoms with Crippen LogP contribution in [0.5, 0.6) is 0 Å². The van der Waals surface area contributed by atoms with Crippen molar-refractivity contribution in [3.63, 3.8) is 0 Å². The molecule has 0 aromatic heterocycles. The Kier molecular flexibility index (Phi) is 3.69. The molecule has 1 aliphatic rings. The van der Waals surface area contributed by atoms with Gasteiger partial charge in [-0.15, -0.1) is 0 Å². The number of nitrogens with one attached hydrogen (secondary N) is 1. The maximum atomic E-state index is 11.3. The molecule has 1 unspecified atom stereocenters. The molecule has 1 atom stereocenters. The van der Waals surface area contributed by atoms with E-state index in [0.29, 0.717) is 29.6 Å². The second-order valence-electron chi connectivity index (χ2n) is 3.60. The minimum Gasteiger partial charge on any atom is -0.363 e. The van der Waals surface area contributed by atoms with Crippen molar-refractivity contribution in [3.05, 3.63) is 33.8 Å². The van der Waals surface area contributed by atoms with Crippen molar-refractivity contribution in [2.24, 2.45) is 0 Å². The van der Waals surface area contributed by atoms with Crippen LogP contribution in [0.2, 0.25) is 10.0 Å². The van der Waals surface area contributed by atoms with Gasteiger partial charge in [0, 0.05) is 16.6 Å². The molecule has 16 heavy (non-hydrogen) atoms. The maximum absolute atomic E-state index is 11.3. The SMILES string of the molecule is O=C(NCCc1cc(Cl)ccc1Cl)C1CO1. The van der Waals surface area contributed by atoms with Crippen molar-refractivity contribution in [2.75, 3.05) is 13.2 Å². The Morgan fingerprint density at radius 2 is 2.25 bits per heavy atom. The first kappa shape index (κ1) is 11.7. The van der Waals surface area contributed by atoms with Gasteiger partial charge in [-0.25, -0.2) is 0 Å². The summed E-state index contributed by atoms with van der Waals surface area (Å²) in [5.41, 5.74) is 0.936. The summed E-state index contributed by atoms with van der Waals surface area (Å²) in [6, 6.07) is 5.30. The number of amides is 1. The lowest BCUT2D eigenvalue weighted by Gasteiger charge is -2.06. The fourth-order valence-corrected chi connectivity index (χ4v) is 1.78. The van der Waals surface area contributed by atoms with Crippen molar-refractivity contribution < 1.29 is 9.53 Å². The van der Waals surface area contributed by atoms with Crippen molar-refractivity contribution in [2.45, 2.75) is 12.5 Å². The molecular formula is C11H11Cl2NO2. The van der Waals surface area contributed by atoms with E-state index < -0.39 is 0 Å². The predicted molar refractivity (Wildman–Crippen MR) is 62.9 cm³/mol. The Hall–Kier alpha value is -0.770. The summed E-state index contributed by atoms with van der Waals surface area (Å²) >= 11 is 11.8. The molecule has 1 heterocycles. The minimum atomic E-state index is -0.241. The molecular weight excluding hydrogens is 249 g/mol. The van der Waals surface area contributed by atoms with Gasteiger partial charge in [0.15, 0.2) is 6.10 Å². The summed E-state index contributed by atoms with van der Waals surface area (Å²) < 4.78 is 4.86. The fraction of sp³-hybridized carbons (Fsp3) is 0.364. The van der Waals surface area contributed by atoms with Crippen molar-refractivity contribution in [1.82, 2.24) is 5.32 Å². The average molecular weight is 260 g/mol. The van der Waals surface area contributed by atoms with E-state index in [9.17, 15) is 4.79 Å². The van der Waals surface area contributed by atoms with Crippen molar-refractivity contribution >= 4 is 29.1 Å². The first-order valence-electron chi connectivity index (χ1n) is 5.00. The minimum absolute atomic E-state index is 0.0573. The molecule has 1 aromatic carbocycles. The van der Waals surface area contributed by atoms with Crippen LogP contribution >= 0.6 is 23.2 Å². The highest BCUT2D eigenvalue weighted by Crippen LogP contribution is 2.20. The number of halogens is 2. The van der Waals surface area contributed by atoms with E-state index in [1.54, 1.807) is 12.1 Å². The summed E-state index contributed by atoms with van der Waals surface area (Å²) in [6.45, 7) is 1.07. The van der Waals surface area contributed by atoms with Gasteiger partial charge in [0.1, 0.15) is 0 Å². The largest absolute Gasteiger partial charge is 0.363 e. The predicted octanol–water partition coefficient (Wildman–Crippen LogP) is 2.05. The highest BCUT2D eigenvalue weighted by atomic mass is 35.5. The van der Waals surface area contributed by atoms with E-state index in [1.807, 2.05) is 6.07 Å². The van der Waals surface area contributed by atoms with Gasteiger partial charge in [-0.3, -0.25) is 4.79 Å². The van der Waals surface area contributed by atoms with Gasteiger partial charge >= 0.3 is 0 Å². The van der Waals surface area contributed by atoms with Gasteiger partial charge in [0.2, 0.25) is 0 Å². The number of hydrogen-bond acceptors (Lipinski definition) is 2. The standard InChI is InChI=1S/C11H11Cl2NO2/c12-8-1-2-9(13)7(5-8)3-4-14-11(15)10-6-16-10/h1-2,5,10H,3-4,6H2,(H,14,15). The summed E-state index contributed by atoms with van der Waals surface area (Å²) in [5, 5.41) is 4.09. The van der Waals surface area contributed by atoms with Crippen molar-refractivity contribution in [3.8, 4) is 0 Å². The number of ether oxygens (including phenoxy) is 1. The summed E-state index contributed by atoms with van der Waals surface area (Å²) in [7, 11) is 0. The highest BCUT2D eigenvalue weighted by molar-refractivity contribution is 6.33.